The van der Waals surface area contributed by atoms with Crippen LogP contribution in [-0.2, 0) is 9.47 Å². The molecule has 0 unspecified atom stereocenters. The Labute approximate surface area is 283 Å². The second kappa shape index (κ2) is 16.0. The molecule has 0 saturated carbocycles. The molecule has 1 aliphatic carbocycles. The molecule has 0 atom stereocenters. The lowest BCUT2D eigenvalue weighted by atomic mass is 9.83. The molecule has 7 nitrogen and oxygen atoms in total. The van der Waals surface area contributed by atoms with Gasteiger partial charge in [0.05, 0.1) is 29.9 Å². The molecule has 9 heteroatoms. The zero-order valence-corrected chi connectivity index (χ0v) is 28.1. The summed E-state index contributed by atoms with van der Waals surface area (Å²) >= 11 is 2.68. The van der Waals surface area contributed by atoms with Gasteiger partial charge in [-0.05, 0) is 79.6 Å². The molecule has 0 bridgehead atoms. The fraction of sp³-hybridized carbons (Fsp3) is 0.263. The highest BCUT2D eigenvalue weighted by molar-refractivity contribution is 8.00. The van der Waals surface area contributed by atoms with Crippen LogP contribution in [0.15, 0.2) is 98.4 Å². The van der Waals surface area contributed by atoms with Gasteiger partial charge in [0.2, 0.25) is 0 Å². The zero-order chi connectivity index (χ0) is 33.3. The van der Waals surface area contributed by atoms with Crippen molar-refractivity contribution in [2.24, 2.45) is 0 Å². The lowest BCUT2D eigenvalue weighted by Gasteiger charge is -2.23. The standard InChI is InChI=1S/C38H37NO6S2/c1-3-5-7-22-44-37(42)24-12-16-26(17-13-24)46-30-20-21-31(34-33(30)35(40)28-10-9-11-29(39)32(28)36(34)41)47-27-18-14-25(15-19-27)38(43)45-23-8-6-4-2/h9-21H,3-8,22-23,39H2,1-2H3. The van der Waals surface area contributed by atoms with E-state index in [4.69, 9.17) is 15.2 Å². The summed E-state index contributed by atoms with van der Waals surface area (Å²) in [6.07, 6.45) is 5.76. The van der Waals surface area contributed by atoms with Gasteiger partial charge in [0.1, 0.15) is 0 Å². The maximum absolute atomic E-state index is 14.1. The van der Waals surface area contributed by atoms with Crippen LogP contribution in [0.3, 0.4) is 0 Å². The number of carbonyl (C=O) groups excluding carboxylic acids is 4. The smallest absolute Gasteiger partial charge is 0.338 e. The summed E-state index contributed by atoms with van der Waals surface area (Å²) in [6.45, 7) is 4.96. The predicted molar refractivity (Wildman–Crippen MR) is 185 cm³/mol. The Bertz CT molecular complexity index is 1780. The van der Waals surface area contributed by atoms with E-state index in [2.05, 4.69) is 13.8 Å². The van der Waals surface area contributed by atoms with Gasteiger partial charge in [0.25, 0.3) is 0 Å². The molecule has 4 aromatic rings. The number of esters is 2. The summed E-state index contributed by atoms with van der Waals surface area (Å²) in [5.41, 5.74) is 8.46. The fourth-order valence-corrected chi connectivity index (χ4v) is 7.15. The molecular formula is C38H37NO6S2. The van der Waals surface area contributed by atoms with Gasteiger partial charge in [-0.15, -0.1) is 0 Å². The van der Waals surface area contributed by atoms with E-state index in [0.29, 0.717) is 45.3 Å². The summed E-state index contributed by atoms with van der Waals surface area (Å²) in [6, 6.07) is 22.6. The fourth-order valence-electron chi connectivity index (χ4n) is 5.23. The van der Waals surface area contributed by atoms with Crippen molar-refractivity contribution >= 4 is 52.7 Å². The highest BCUT2D eigenvalue weighted by Gasteiger charge is 2.35. The molecule has 0 saturated heterocycles. The molecule has 0 amide bonds. The number of nitrogen functional groups attached to an aromatic ring is 1. The van der Waals surface area contributed by atoms with E-state index in [0.717, 1.165) is 48.3 Å². The Morgan fingerprint density at radius 2 is 1.06 bits per heavy atom. The average molecular weight is 668 g/mol. The number of anilines is 1. The Morgan fingerprint density at radius 3 is 1.53 bits per heavy atom. The van der Waals surface area contributed by atoms with E-state index in [1.54, 1.807) is 66.7 Å². The first-order valence-corrected chi connectivity index (χ1v) is 17.5. The highest BCUT2D eigenvalue weighted by Crippen LogP contribution is 2.44. The lowest BCUT2D eigenvalue weighted by Crippen LogP contribution is -2.24. The minimum Gasteiger partial charge on any atom is -0.462 e. The van der Waals surface area contributed by atoms with E-state index in [9.17, 15) is 19.2 Å². The molecule has 0 fully saturated rings. The van der Waals surface area contributed by atoms with Gasteiger partial charge in [-0.1, -0.05) is 75.2 Å². The minimum atomic E-state index is -0.374. The van der Waals surface area contributed by atoms with Crippen LogP contribution < -0.4 is 5.73 Å². The second-order valence-electron chi connectivity index (χ2n) is 11.2. The van der Waals surface area contributed by atoms with Crippen molar-refractivity contribution < 1.29 is 28.7 Å². The second-order valence-corrected chi connectivity index (χ2v) is 13.4. The number of carbonyl (C=O) groups is 4. The summed E-state index contributed by atoms with van der Waals surface area (Å²) in [7, 11) is 0. The first kappa shape index (κ1) is 34.0. The van der Waals surface area contributed by atoms with Crippen molar-refractivity contribution in [3.8, 4) is 0 Å². The molecule has 5 rings (SSSR count). The van der Waals surface area contributed by atoms with Crippen molar-refractivity contribution in [1.82, 2.24) is 0 Å². The van der Waals surface area contributed by atoms with E-state index < -0.39 is 0 Å². The van der Waals surface area contributed by atoms with Crippen LogP contribution in [0.5, 0.6) is 0 Å². The van der Waals surface area contributed by atoms with E-state index in [1.165, 1.54) is 23.5 Å². The van der Waals surface area contributed by atoms with Crippen LogP contribution >= 0.6 is 23.5 Å². The minimum absolute atomic E-state index is 0.206. The molecule has 2 N–H and O–H groups in total. The quantitative estimate of drug-likeness (QED) is 0.0704. The molecule has 0 radical (unpaired) electrons. The lowest BCUT2D eigenvalue weighted by molar-refractivity contribution is 0.0489. The zero-order valence-electron chi connectivity index (χ0n) is 26.5. The molecule has 0 spiro atoms. The van der Waals surface area contributed by atoms with Crippen LogP contribution in [0, 0.1) is 0 Å². The van der Waals surface area contributed by atoms with Crippen LogP contribution in [0.2, 0.25) is 0 Å². The molecule has 0 heterocycles. The van der Waals surface area contributed by atoms with E-state index in [-0.39, 0.29) is 40.3 Å². The van der Waals surface area contributed by atoms with Crippen LogP contribution in [0.4, 0.5) is 5.69 Å². The molecule has 1 aliphatic rings. The van der Waals surface area contributed by atoms with Gasteiger partial charge in [0.15, 0.2) is 11.6 Å². The van der Waals surface area contributed by atoms with Crippen molar-refractivity contribution in [3.05, 3.63) is 112 Å². The SMILES string of the molecule is CCCCCOC(=O)c1ccc(Sc2ccc(Sc3ccc(C(=O)OCCCCC)cc3)c3c2C(=O)c2cccc(N)c2C3=O)cc1. The highest BCUT2D eigenvalue weighted by atomic mass is 32.2. The topological polar surface area (TPSA) is 113 Å². The summed E-state index contributed by atoms with van der Waals surface area (Å²) in [4.78, 5) is 55.8. The van der Waals surface area contributed by atoms with Gasteiger partial charge < -0.3 is 15.2 Å². The largest absolute Gasteiger partial charge is 0.462 e. The van der Waals surface area contributed by atoms with Crippen molar-refractivity contribution in [3.63, 3.8) is 0 Å². The number of nitrogens with two attached hydrogens (primary N) is 1. The molecule has 242 valence electrons. The number of rotatable bonds is 14. The number of hydrogen-bond donors (Lipinski definition) is 1. The predicted octanol–water partition coefficient (Wildman–Crippen LogP) is 9.04. The molecule has 0 aliphatic heterocycles. The maximum atomic E-state index is 14.1. The van der Waals surface area contributed by atoms with Crippen LogP contribution in [0.1, 0.15) is 105 Å². The molecule has 4 aromatic carbocycles. The number of hydrogen-bond acceptors (Lipinski definition) is 9. The third-order valence-corrected chi connectivity index (χ3v) is 9.89. The number of ketones is 2. The third kappa shape index (κ3) is 7.97. The Kier molecular flexibility index (Phi) is 11.6. The van der Waals surface area contributed by atoms with Gasteiger partial charge >= 0.3 is 11.9 Å². The average Bonchev–Trinajstić information content (AvgIpc) is 3.08. The van der Waals surface area contributed by atoms with Gasteiger partial charge in [-0.3, -0.25) is 9.59 Å². The van der Waals surface area contributed by atoms with E-state index in [1.807, 2.05) is 12.1 Å². The van der Waals surface area contributed by atoms with Crippen molar-refractivity contribution in [2.45, 2.75) is 72.0 Å². The molecular weight excluding hydrogens is 631 g/mol. The van der Waals surface area contributed by atoms with E-state index >= 15 is 0 Å². The Hall–Kier alpha value is -4.34. The van der Waals surface area contributed by atoms with Gasteiger partial charge in [0, 0.05) is 42.0 Å². The monoisotopic (exact) mass is 667 g/mol. The number of benzene rings is 4. The van der Waals surface area contributed by atoms with Crippen molar-refractivity contribution in [1.29, 1.82) is 0 Å². The first-order chi connectivity index (χ1) is 22.8. The maximum Gasteiger partial charge on any atom is 0.338 e. The van der Waals surface area contributed by atoms with Crippen molar-refractivity contribution in [2.75, 3.05) is 18.9 Å². The number of unbranched alkanes of at least 4 members (excludes halogenated alkanes) is 4. The number of ether oxygens (including phenoxy) is 2. The Balaban J connectivity index is 1.42. The Morgan fingerprint density at radius 1 is 0.596 bits per heavy atom. The number of fused-ring (bicyclic) bond motifs is 2. The molecule has 47 heavy (non-hydrogen) atoms. The third-order valence-electron chi connectivity index (χ3n) is 7.75. The van der Waals surface area contributed by atoms with Gasteiger partial charge in [-0.25, -0.2) is 9.59 Å². The van der Waals surface area contributed by atoms with Crippen LogP contribution in [-0.4, -0.2) is 36.7 Å². The van der Waals surface area contributed by atoms with Gasteiger partial charge in [-0.2, -0.15) is 0 Å². The summed E-state index contributed by atoms with van der Waals surface area (Å²) in [5.74, 6) is -1.34. The normalized spacial score (nSPS) is 12.0. The summed E-state index contributed by atoms with van der Waals surface area (Å²) < 4.78 is 10.7. The molecule has 0 aromatic heterocycles. The van der Waals surface area contributed by atoms with Crippen LogP contribution in [0.25, 0.3) is 0 Å². The first-order valence-electron chi connectivity index (χ1n) is 15.9. The summed E-state index contributed by atoms with van der Waals surface area (Å²) in [5, 5.41) is 0.